The van der Waals surface area contributed by atoms with Crippen LogP contribution in [0.1, 0.15) is 0 Å². The zero-order valence-corrected chi connectivity index (χ0v) is 17.4. The van der Waals surface area contributed by atoms with Crippen LogP contribution in [0.2, 0.25) is 0 Å². The van der Waals surface area contributed by atoms with Crippen LogP contribution >= 0.6 is 11.3 Å². The van der Waals surface area contributed by atoms with Crippen LogP contribution < -0.4 is 9.64 Å². The van der Waals surface area contributed by atoms with E-state index in [4.69, 9.17) is 9.72 Å². The van der Waals surface area contributed by atoms with E-state index in [1.54, 1.807) is 7.11 Å². The van der Waals surface area contributed by atoms with Crippen molar-refractivity contribution >= 4 is 26.5 Å². The highest BCUT2D eigenvalue weighted by Crippen LogP contribution is 2.30. The zero-order valence-electron chi connectivity index (χ0n) is 15.8. The Balaban J connectivity index is 1.46. The standard InChI is InChI=1S/C20H20FN3O3S2/c1-27-17-6-2-4-15(12-17)19-14-28-20(22-19)23-8-10-24(11-9-23)29(25,26)18-7-3-5-16(21)13-18/h2-7,12-14H,8-11H2,1H3. The van der Waals surface area contributed by atoms with Gasteiger partial charge in [0.2, 0.25) is 10.0 Å². The monoisotopic (exact) mass is 433 g/mol. The fourth-order valence-corrected chi connectivity index (χ4v) is 5.56. The molecule has 0 N–H and O–H groups in total. The lowest BCUT2D eigenvalue weighted by Crippen LogP contribution is -2.48. The third kappa shape index (κ3) is 4.12. The maximum absolute atomic E-state index is 13.4. The summed E-state index contributed by atoms with van der Waals surface area (Å²) in [6.45, 7) is 1.71. The topological polar surface area (TPSA) is 62.7 Å². The molecule has 0 aliphatic carbocycles. The van der Waals surface area contributed by atoms with Crippen molar-refractivity contribution in [1.29, 1.82) is 0 Å². The molecule has 1 aliphatic rings. The molecule has 29 heavy (non-hydrogen) atoms. The highest BCUT2D eigenvalue weighted by atomic mass is 32.2. The average Bonchev–Trinajstić information content (AvgIpc) is 3.24. The number of hydrogen-bond acceptors (Lipinski definition) is 6. The van der Waals surface area contributed by atoms with E-state index in [0.717, 1.165) is 28.2 Å². The first-order valence-corrected chi connectivity index (χ1v) is 11.4. The van der Waals surface area contributed by atoms with Crippen LogP contribution in [0.3, 0.4) is 0 Å². The number of piperazine rings is 1. The van der Waals surface area contributed by atoms with E-state index in [0.29, 0.717) is 26.2 Å². The summed E-state index contributed by atoms with van der Waals surface area (Å²) < 4.78 is 45.6. The zero-order chi connectivity index (χ0) is 20.4. The Bertz CT molecular complexity index is 1110. The van der Waals surface area contributed by atoms with Crippen molar-refractivity contribution in [3.63, 3.8) is 0 Å². The third-order valence-electron chi connectivity index (χ3n) is 4.80. The quantitative estimate of drug-likeness (QED) is 0.617. The van der Waals surface area contributed by atoms with Gasteiger partial charge in [-0.2, -0.15) is 4.31 Å². The second-order valence-electron chi connectivity index (χ2n) is 6.60. The molecule has 0 spiro atoms. The first-order chi connectivity index (χ1) is 14.0. The highest BCUT2D eigenvalue weighted by molar-refractivity contribution is 7.89. The van der Waals surface area contributed by atoms with Crippen LogP contribution in [-0.2, 0) is 10.0 Å². The summed E-state index contributed by atoms with van der Waals surface area (Å²) >= 11 is 1.53. The smallest absolute Gasteiger partial charge is 0.243 e. The van der Waals surface area contributed by atoms with Crippen molar-refractivity contribution in [3.05, 3.63) is 59.7 Å². The Morgan fingerprint density at radius 1 is 1.07 bits per heavy atom. The van der Waals surface area contributed by atoms with E-state index in [2.05, 4.69) is 4.90 Å². The Hall–Kier alpha value is -2.49. The molecule has 0 amide bonds. The van der Waals surface area contributed by atoms with E-state index < -0.39 is 15.8 Å². The van der Waals surface area contributed by atoms with Crippen molar-refractivity contribution in [2.45, 2.75) is 4.90 Å². The first-order valence-electron chi connectivity index (χ1n) is 9.08. The molecule has 4 rings (SSSR count). The van der Waals surface area contributed by atoms with Crippen molar-refractivity contribution < 1.29 is 17.5 Å². The second-order valence-corrected chi connectivity index (χ2v) is 9.37. The predicted molar refractivity (Wildman–Crippen MR) is 111 cm³/mol. The molecule has 2 aromatic carbocycles. The van der Waals surface area contributed by atoms with Gasteiger partial charge in [-0.1, -0.05) is 18.2 Å². The number of halogens is 1. The molecule has 0 atom stereocenters. The van der Waals surface area contributed by atoms with Gasteiger partial charge in [0.05, 0.1) is 17.7 Å². The van der Waals surface area contributed by atoms with Gasteiger partial charge in [-0.15, -0.1) is 11.3 Å². The molecule has 0 unspecified atom stereocenters. The summed E-state index contributed by atoms with van der Waals surface area (Å²) in [5, 5.41) is 2.84. The minimum absolute atomic E-state index is 0.0134. The van der Waals surface area contributed by atoms with Gasteiger partial charge in [0.15, 0.2) is 5.13 Å². The number of sulfonamides is 1. The summed E-state index contributed by atoms with van der Waals surface area (Å²) in [5.74, 6) is 0.214. The number of methoxy groups -OCH3 is 1. The number of aromatic nitrogens is 1. The summed E-state index contributed by atoms with van der Waals surface area (Å²) in [5.41, 5.74) is 1.83. The molecular formula is C20H20FN3O3S2. The van der Waals surface area contributed by atoms with Gasteiger partial charge >= 0.3 is 0 Å². The number of benzene rings is 2. The van der Waals surface area contributed by atoms with Gasteiger partial charge in [-0.3, -0.25) is 0 Å². The van der Waals surface area contributed by atoms with Crippen molar-refractivity contribution in [2.75, 3.05) is 38.2 Å². The minimum atomic E-state index is -3.70. The lowest BCUT2D eigenvalue weighted by molar-refractivity contribution is 0.384. The summed E-state index contributed by atoms with van der Waals surface area (Å²) in [6.07, 6.45) is 0. The largest absolute Gasteiger partial charge is 0.497 e. The Labute approximate surface area is 173 Å². The van der Waals surface area contributed by atoms with E-state index >= 15 is 0 Å². The molecule has 152 valence electrons. The summed E-state index contributed by atoms with van der Waals surface area (Å²) in [6, 6.07) is 12.8. The number of hydrogen-bond donors (Lipinski definition) is 0. The third-order valence-corrected chi connectivity index (χ3v) is 7.60. The number of nitrogens with zero attached hydrogens (tertiary/aromatic N) is 3. The Morgan fingerprint density at radius 2 is 1.83 bits per heavy atom. The van der Waals surface area contributed by atoms with Gasteiger partial charge in [0.1, 0.15) is 11.6 Å². The number of thiazole rings is 1. The normalized spacial score (nSPS) is 15.4. The van der Waals surface area contributed by atoms with Gasteiger partial charge in [0.25, 0.3) is 0 Å². The van der Waals surface area contributed by atoms with E-state index in [1.807, 2.05) is 29.6 Å². The SMILES string of the molecule is COc1cccc(-c2csc(N3CCN(S(=O)(=O)c4cccc(F)c4)CC3)n2)c1. The fraction of sp³-hybridized carbons (Fsp3) is 0.250. The van der Waals surface area contributed by atoms with Crippen LogP contribution in [0, 0.1) is 5.82 Å². The van der Waals surface area contributed by atoms with Crippen molar-refractivity contribution in [1.82, 2.24) is 9.29 Å². The maximum Gasteiger partial charge on any atom is 0.243 e. The van der Waals surface area contributed by atoms with Gasteiger partial charge in [-0.05, 0) is 30.3 Å². The van der Waals surface area contributed by atoms with Gasteiger partial charge in [-0.25, -0.2) is 17.8 Å². The molecule has 0 saturated carbocycles. The first kappa shape index (κ1) is 19.8. The molecule has 2 heterocycles. The van der Waals surface area contributed by atoms with Crippen molar-refractivity contribution in [3.8, 4) is 17.0 Å². The molecule has 6 nitrogen and oxygen atoms in total. The highest BCUT2D eigenvalue weighted by Gasteiger charge is 2.29. The average molecular weight is 434 g/mol. The van der Waals surface area contributed by atoms with Crippen LogP contribution in [0.15, 0.2) is 58.8 Å². The summed E-state index contributed by atoms with van der Waals surface area (Å²) in [7, 11) is -2.07. The van der Waals surface area contributed by atoms with Crippen LogP contribution in [0.25, 0.3) is 11.3 Å². The van der Waals surface area contributed by atoms with E-state index in [-0.39, 0.29) is 4.90 Å². The molecule has 0 radical (unpaired) electrons. The lowest BCUT2D eigenvalue weighted by Gasteiger charge is -2.33. The minimum Gasteiger partial charge on any atom is -0.497 e. The Morgan fingerprint density at radius 3 is 2.55 bits per heavy atom. The van der Waals surface area contributed by atoms with E-state index in [1.165, 1.54) is 33.8 Å². The number of anilines is 1. The molecule has 9 heteroatoms. The van der Waals surface area contributed by atoms with Crippen LogP contribution in [0.5, 0.6) is 5.75 Å². The maximum atomic E-state index is 13.4. The van der Waals surface area contributed by atoms with Crippen molar-refractivity contribution in [2.24, 2.45) is 0 Å². The fourth-order valence-electron chi connectivity index (χ4n) is 3.22. The molecule has 1 fully saturated rings. The Kier molecular flexibility index (Phi) is 5.53. The predicted octanol–water partition coefficient (Wildman–Crippen LogP) is 3.47. The van der Waals surface area contributed by atoms with Gasteiger partial charge in [0, 0.05) is 37.1 Å². The molecule has 3 aromatic rings. The lowest BCUT2D eigenvalue weighted by atomic mass is 10.2. The molecule has 1 aromatic heterocycles. The molecule has 1 saturated heterocycles. The molecule has 1 aliphatic heterocycles. The number of rotatable bonds is 5. The number of ether oxygens (including phenoxy) is 1. The van der Waals surface area contributed by atoms with Gasteiger partial charge < -0.3 is 9.64 Å². The molecular weight excluding hydrogens is 413 g/mol. The summed E-state index contributed by atoms with van der Waals surface area (Å²) in [4.78, 5) is 6.77. The second kappa shape index (κ2) is 8.10. The molecule has 0 bridgehead atoms. The van der Waals surface area contributed by atoms with Crippen LogP contribution in [0.4, 0.5) is 9.52 Å². The van der Waals surface area contributed by atoms with Crippen LogP contribution in [-0.4, -0.2) is 51.0 Å². The van der Waals surface area contributed by atoms with E-state index in [9.17, 15) is 12.8 Å².